The van der Waals surface area contributed by atoms with Gasteiger partial charge in [-0.3, -0.25) is 4.90 Å². The van der Waals surface area contributed by atoms with Gasteiger partial charge in [-0.1, -0.05) is 0 Å². The van der Waals surface area contributed by atoms with Crippen molar-refractivity contribution in [1.82, 2.24) is 10.3 Å². The van der Waals surface area contributed by atoms with Gasteiger partial charge < -0.3 is 14.5 Å². The predicted molar refractivity (Wildman–Crippen MR) is 70.3 cm³/mol. The van der Waals surface area contributed by atoms with E-state index in [0.717, 1.165) is 17.1 Å². The SMILES string of the molecule is CNCc1coc(N(C)c2ccc(OC)cc2)n1. The summed E-state index contributed by atoms with van der Waals surface area (Å²) in [7, 11) is 5.44. The number of hydrogen-bond acceptors (Lipinski definition) is 5. The van der Waals surface area contributed by atoms with Gasteiger partial charge in [0.1, 0.15) is 12.0 Å². The van der Waals surface area contributed by atoms with Crippen molar-refractivity contribution in [3.8, 4) is 5.75 Å². The second-order valence-electron chi connectivity index (χ2n) is 3.91. The highest BCUT2D eigenvalue weighted by molar-refractivity contribution is 5.56. The van der Waals surface area contributed by atoms with Crippen LogP contribution in [0.3, 0.4) is 0 Å². The standard InChI is InChI=1S/C13H17N3O2/c1-14-8-10-9-18-13(15-10)16(2)11-4-6-12(17-3)7-5-11/h4-7,9,14H,8H2,1-3H3. The summed E-state index contributed by atoms with van der Waals surface area (Å²) in [4.78, 5) is 6.27. The minimum atomic E-state index is 0.574. The molecule has 1 heterocycles. The fourth-order valence-electron chi connectivity index (χ4n) is 1.63. The van der Waals surface area contributed by atoms with Crippen LogP contribution in [0.4, 0.5) is 11.7 Å². The number of oxazole rings is 1. The number of rotatable bonds is 5. The van der Waals surface area contributed by atoms with E-state index >= 15 is 0 Å². The molecule has 2 rings (SSSR count). The topological polar surface area (TPSA) is 50.5 Å². The third kappa shape index (κ3) is 2.62. The lowest BCUT2D eigenvalue weighted by molar-refractivity contribution is 0.415. The van der Waals surface area contributed by atoms with E-state index < -0.39 is 0 Å². The normalized spacial score (nSPS) is 10.4. The van der Waals surface area contributed by atoms with E-state index in [1.807, 2.05) is 43.3 Å². The first-order valence-corrected chi connectivity index (χ1v) is 5.71. The molecule has 0 aliphatic carbocycles. The van der Waals surface area contributed by atoms with E-state index in [2.05, 4.69) is 10.3 Å². The van der Waals surface area contributed by atoms with E-state index in [9.17, 15) is 0 Å². The molecule has 2 aromatic rings. The zero-order valence-corrected chi connectivity index (χ0v) is 10.8. The minimum absolute atomic E-state index is 0.574. The highest BCUT2D eigenvalue weighted by Crippen LogP contribution is 2.24. The van der Waals surface area contributed by atoms with Gasteiger partial charge in [0, 0.05) is 19.3 Å². The van der Waals surface area contributed by atoms with Gasteiger partial charge in [0.15, 0.2) is 0 Å². The first-order chi connectivity index (χ1) is 8.74. The highest BCUT2D eigenvalue weighted by Gasteiger charge is 2.10. The predicted octanol–water partition coefficient (Wildman–Crippen LogP) is 2.17. The Morgan fingerprint density at radius 2 is 2.06 bits per heavy atom. The molecule has 0 radical (unpaired) electrons. The molecular formula is C13H17N3O2. The van der Waals surface area contributed by atoms with Crippen molar-refractivity contribution in [3.63, 3.8) is 0 Å². The lowest BCUT2D eigenvalue weighted by Crippen LogP contribution is -2.10. The molecule has 0 atom stereocenters. The number of ether oxygens (including phenoxy) is 1. The molecule has 0 fully saturated rings. The van der Waals surface area contributed by atoms with E-state index in [0.29, 0.717) is 12.6 Å². The van der Waals surface area contributed by atoms with Gasteiger partial charge in [-0.25, -0.2) is 0 Å². The first-order valence-electron chi connectivity index (χ1n) is 5.71. The Hall–Kier alpha value is -2.01. The molecule has 0 spiro atoms. The maximum atomic E-state index is 5.43. The maximum absolute atomic E-state index is 5.43. The molecule has 1 N–H and O–H groups in total. The van der Waals surface area contributed by atoms with Gasteiger partial charge in [-0.15, -0.1) is 0 Å². The van der Waals surface area contributed by atoms with Crippen LogP contribution in [-0.4, -0.2) is 26.2 Å². The molecule has 0 saturated carbocycles. The first kappa shape index (κ1) is 12.4. The Morgan fingerprint density at radius 1 is 1.33 bits per heavy atom. The van der Waals surface area contributed by atoms with Crippen molar-refractivity contribution in [2.75, 3.05) is 26.1 Å². The Morgan fingerprint density at radius 3 is 2.67 bits per heavy atom. The van der Waals surface area contributed by atoms with E-state index in [1.54, 1.807) is 13.4 Å². The average Bonchev–Trinajstić information content (AvgIpc) is 2.87. The monoisotopic (exact) mass is 247 g/mol. The van der Waals surface area contributed by atoms with Crippen molar-refractivity contribution in [2.24, 2.45) is 0 Å². The molecule has 0 amide bonds. The van der Waals surface area contributed by atoms with Gasteiger partial charge >= 0.3 is 6.01 Å². The molecule has 0 aliphatic rings. The van der Waals surface area contributed by atoms with Crippen molar-refractivity contribution in [3.05, 3.63) is 36.2 Å². The molecule has 0 saturated heterocycles. The average molecular weight is 247 g/mol. The molecule has 0 aliphatic heterocycles. The highest BCUT2D eigenvalue weighted by atomic mass is 16.5. The molecule has 1 aromatic heterocycles. The molecule has 96 valence electrons. The van der Waals surface area contributed by atoms with Gasteiger partial charge in [0.25, 0.3) is 0 Å². The van der Waals surface area contributed by atoms with Crippen LogP contribution in [0.15, 0.2) is 34.9 Å². The fraction of sp³-hybridized carbons (Fsp3) is 0.308. The fourth-order valence-corrected chi connectivity index (χ4v) is 1.63. The second-order valence-corrected chi connectivity index (χ2v) is 3.91. The van der Waals surface area contributed by atoms with Crippen LogP contribution in [-0.2, 0) is 6.54 Å². The Kier molecular flexibility index (Phi) is 3.84. The van der Waals surface area contributed by atoms with Crippen molar-refractivity contribution >= 4 is 11.7 Å². The van der Waals surface area contributed by atoms with Crippen LogP contribution in [0.5, 0.6) is 5.75 Å². The Labute approximate surface area is 106 Å². The van der Waals surface area contributed by atoms with Gasteiger partial charge in [0.2, 0.25) is 0 Å². The van der Waals surface area contributed by atoms with Crippen LogP contribution in [0, 0.1) is 0 Å². The molecular weight excluding hydrogens is 230 g/mol. The zero-order chi connectivity index (χ0) is 13.0. The van der Waals surface area contributed by atoms with E-state index in [-0.39, 0.29) is 0 Å². The summed E-state index contributed by atoms with van der Waals surface area (Å²) in [6, 6.07) is 8.30. The van der Waals surface area contributed by atoms with Crippen LogP contribution < -0.4 is 15.0 Å². The Balaban J connectivity index is 2.15. The molecule has 18 heavy (non-hydrogen) atoms. The number of methoxy groups -OCH3 is 1. The van der Waals surface area contributed by atoms with Gasteiger partial charge in [-0.2, -0.15) is 4.98 Å². The smallest absolute Gasteiger partial charge is 0.301 e. The van der Waals surface area contributed by atoms with Gasteiger partial charge in [0.05, 0.1) is 12.8 Å². The minimum Gasteiger partial charge on any atom is -0.497 e. The third-order valence-electron chi connectivity index (χ3n) is 2.64. The second kappa shape index (κ2) is 5.55. The number of nitrogens with one attached hydrogen (secondary N) is 1. The number of aromatic nitrogens is 1. The lowest BCUT2D eigenvalue weighted by Gasteiger charge is -2.14. The third-order valence-corrected chi connectivity index (χ3v) is 2.64. The maximum Gasteiger partial charge on any atom is 0.301 e. The Bertz CT molecular complexity index is 493. The van der Waals surface area contributed by atoms with E-state index in [1.165, 1.54) is 0 Å². The van der Waals surface area contributed by atoms with Crippen molar-refractivity contribution < 1.29 is 9.15 Å². The number of anilines is 2. The summed E-state index contributed by atoms with van der Waals surface area (Å²) in [6.07, 6.45) is 1.66. The summed E-state index contributed by atoms with van der Waals surface area (Å²) in [6.45, 7) is 0.694. The van der Waals surface area contributed by atoms with E-state index in [4.69, 9.17) is 9.15 Å². The van der Waals surface area contributed by atoms with Crippen LogP contribution in [0.1, 0.15) is 5.69 Å². The largest absolute Gasteiger partial charge is 0.497 e. The molecule has 5 heteroatoms. The van der Waals surface area contributed by atoms with Crippen molar-refractivity contribution in [1.29, 1.82) is 0 Å². The van der Waals surface area contributed by atoms with Crippen LogP contribution in [0.25, 0.3) is 0 Å². The quantitative estimate of drug-likeness (QED) is 0.877. The molecule has 1 aromatic carbocycles. The molecule has 5 nitrogen and oxygen atoms in total. The summed E-state index contributed by atoms with van der Waals surface area (Å²) in [5.74, 6) is 0.829. The summed E-state index contributed by atoms with van der Waals surface area (Å²) < 4.78 is 10.6. The lowest BCUT2D eigenvalue weighted by atomic mass is 10.3. The summed E-state index contributed by atoms with van der Waals surface area (Å²) >= 11 is 0. The number of hydrogen-bond donors (Lipinski definition) is 1. The number of nitrogens with zero attached hydrogens (tertiary/aromatic N) is 2. The summed E-state index contributed by atoms with van der Waals surface area (Å²) in [5.41, 5.74) is 1.88. The van der Waals surface area contributed by atoms with Crippen LogP contribution in [0.2, 0.25) is 0 Å². The molecule has 0 bridgehead atoms. The van der Waals surface area contributed by atoms with Crippen molar-refractivity contribution in [2.45, 2.75) is 6.54 Å². The number of benzene rings is 1. The summed E-state index contributed by atoms with van der Waals surface area (Å²) in [5, 5.41) is 3.03. The molecule has 0 unspecified atom stereocenters. The zero-order valence-electron chi connectivity index (χ0n) is 10.8. The van der Waals surface area contributed by atoms with Gasteiger partial charge in [-0.05, 0) is 31.3 Å². The van der Waals surface area contributed by atoms with Crippen LogP contribution >= 0.6 is 0 Å².